The lowest BCUT2D eigenvalue weighted by molar-refractivity contribution is -0.146. The Hall–Kier alpha value is -3.50. The molecule has 1 amide bonds. The predicted molar refractivity (Wildman–Crippen MR) is 117 cm³/mol. The van der Waals surface area contributed by atoms with Gasteiger partial charge >= 0.3 is 18.3 Å². The normalized spacial score (nSPS) is 18.6. The molecular formula is C25H23F6NO4. The molecule has 0 aliphatic heterocycles. The number of amides is 1. The van der Waals surface area contributed by atoms with Gasteiger partial charge in [-0.15, -0.1) is 0 Å². The van der Waals surface area contributed by atoms with Crippen LogP contribution < -0.4 is 10.1 Å². The first-order valence-corrected chi connectivity index (χ1v) is 10.9. The Balaban J connectivity index is 1.82. The fourth-order valence-corrected chi connectivity index (χ4v) is 4.11. The standard InChI is InChI=1S/C25H23F6NO4/c1-3-36-23(34)21(14-5-4-6-18(12-14)35-2)15-7-9-17(11-15)32-22(33)19-10-8-16(24(26,27)28)13-20(19)25(29,30)31/h4-10,12-13,15,17,21H,3,11H2,1-2H3,(H,32,33). The summed E-state index contributed by atoms with van der Waals surface area (Å²) in [6.07, 6.45) is -6.83. The molecule has 36 heavy (non-hydrogen) atoms. The van der Waals surface area contributed by atoms with Crippen LogP contribution in [0.3, 0.4) is 0 Å². The molecule has 2 aromatic carbocycles. The molecule has 1 aliphatic carbocycles. The SMILES string of the molecule is CCOC(=O)C(c1cccc(OC)c1)C1C=CC(NC(=O)c2ccc(C(F)(F)F)cc2C(F)(F)F)C1. The Morgan fingerprint density at radius 3 is 2.36 bits per heavy atom. The van der Waals surface area contributed by atoms with E-state index in [2.05, 4.69) is 5.32 Å². The lowest BCUT2D eigenvalue weighted by Gasteiger charge is -2.23. The van der Waals surface area contributed by atoms with Gasteiger partial charge in [-0.05, 0) is 55.2 Å². The van der Waals surface area contributed by atoms with Crippen molar-refractivity contribution in [1.29, 1.82) is 0 Å². The van der Waals surface area contributed by atoms with Crippen molar-refractivity contribution in [2.45, 2.75) is 37.7 Å². The van der Waals surface area contributed by atoms with Crippen molar-refractivity contribution < 1.29 is 45.4 Å². The van der Waals surface area contributed by atoms with Gasteiger partial charge in [-0.3, -0.25) is 9.59 Å². The van der Waals surface area contributed by atoms with Gasteiger partial charge in [0.25, 0.3) is 5.91 Å². The highest BCUT2D eigenvalue weighted by Gasteiger charge is 2.40. The molecule has 0 saturated carbocycles. The van der Waals surface area contributed by atoms with Gasteiger partial charge in [-0.25, -0.2) is 0 Å². The van der Waals surface area contributed by atoms with Crippen LogP contribution >= 0.6 is 0 Å². The molecule has 5 nitrogen and oxygen atoms in total. The number of ether oxygens (including phenoxy) is 2. The largest absolute Gasteiger partial charge is 0.497 e. The molecule has 2 aromatic rings. The summed E-state index contributed by atoms with van der Waals surface area (Å²) in [6.45, 7) is 1.78. The van der Waals surface area contributed by atoms with Crippen LogP contribution in [0.25, 0.3) is 0 Å². The molecule has 194 valence electrons. The minimum atomic E-state index is -5.18. The van der Waals surface area contributed by atoms with Crippen LogP contribution in [0.2, 0.25) is 0 Å². The first-order chi connectivity index (χ1) is 16.8. The lowest BCUT2D eigenvalue weighted by atomic mass is 9.85. The molecule has 0 aromatic heterocycles. The van der Waals surface area contributed by atoms with Gasteiger partial charge < -0.3 is 14.8 Å². The second-order valence-electron chi connectivity index (χ2n) is 8.13. The number of alkyl halides is 6. The van der Waals surface area contributed by atoms with Gasteiger partial charge in [0, 0.05) is 6.04 Å². The number of carbonyl (C=O) groups is 2. The maximum Gasteiger partial charge on any atom is 0.417 e. The number of hydrogen-bond donors (Lipinski definition) is 1. The number of rotatable bonds is 7. The maximum atomic E-state index is 13.4. The molecule has 3 rings (SSSR count). The number of carbonyl (C=O) groups excluding carboxylic acids is 2. The lowest BCUT2D eigenvalue weighted by Crippen LogP contribution is -2.35. The molecule has 0 saturated heterocycles. The quantitative estimate of drug-likeness (QED) is 0.290. The van der Waals surface area contributed by atoms with Crippen molar-refractivity contribution in [2.24, 2.45) is 5.92 Å². The van der Waals surface area contributed by atoms with Gasteiger partial charge in [0.15, 0.2) is 0 Å². The summed E-state index contributed by atoms with van der Waals surface area (Å²) in [5.74, 6) is -2.42. The van der Waals surface area contributed by atoms with Crippen LogP contribution in [-0.4, -0.2) is 31.6 Å². The molecular weight excluding hydrogens is 492 g/mol. The molecule has 0 spiro atoms. The summed E-state index contributed by atoms with van der Waals surface area (Å²) >= 11 is 0. The highest BCUT2D eigenvalue weighted by molar-refractivity contribution is 5.96. The van der Waals surface area contributed by atoms with Crippen molar-refractivity contribution in [1.82, 2.24) is 5.32 Å². The summed E-state index contributed by atoms with van der Waals surface area (Å²) in [5.41, 5.74) is -3.53. The van der Waals surface area contributed by atoms with E-state index in [0.717, 1.165) is 0 Å². The van der Waals surface area contributed by atoms with E-state index < -0.39 is 58.8 Å². The Morgan fingerprint density at radius 2 is 1.75 bits per heavy atom. The van der Waals surface area contributed by atoms with Crippen LogP contribution in [0.4, 0.5) is 26.3 Å². The van der Waals surface area contributed by atoms with Crippen LogP contribution in [0.15, 0.2) is 54.6 Å². The third kappa shape index (κ3) is 6.19. The van der Waals surface area contributed by atoms with Gasteiger partial charge in [-0.2, -0.15) is 26.3 Å². The zero-order valence-corrected chi connectivity index (χ0v) is 19.2. The predicted octanol–water partition coefficient (Wildman–Crippen LogP) is 5.75. The van der Waals surface area contributed by atoms with E-state index in [1.54, 1.807) is 37.3 Å². The Kier molecular flexibility index (Phi) is 8.00. The van der Waals surface area contributed by atoms with Crippen LogP contribution in [0, 0.1) is 5.92 Å². The van der Waals surface area contributed by atoms with E-state index in [0.29, 0.717) is 23.4 Å². The fourth-order valence-electron chi connectivity index (χ4n) is 4.11. The molecule has 0 radical (unpaired) electrons. The van der Waals surface area contributed by atoms with Gasteiger partial charge in [0.1, 0.15) is 5.75 Å². The van der Waals surface area contributed by atoms with Crippen molar-refractivity contribution in [3.63, 3.8) is 0 Å². The second-order valence-corrected chi connectivity index (χ2v) is 8.13. The van der Waals surface area contributed by atoms with Crippen LogP contribution in [0.5, 0.6) is 5.75 Å². The minimum absolute atomic E-state index is 0.0816. The minimum Gasteiger partial charge on any atom is -0.497 e. The van der Waals surface area contributed by atoms with Crippen LogP contribution in [0.1, 0.15) is 46.3 Å². The number of halogens is 6. The molecule has 11 heteroatoms. The number of methoxy groups -OCH3 is 1. The molecule has 1 aliphatic rings. The summed E-state index contributed by atoms with van der Waals surface area (Å²) < 4.78 is 89.5. The highest BCUT2D eigenvalue weighted by Crippen LogP contribution is 2.38. The Morgan fingerprint density at radius 1 is 1.03 bits per heavy atom. The third-order valence-corrected chi connectivity index (χ3v) is 5.75. The molecule has 0 bridgehead atoms. The summed E-state index contributed by atoms with van der Waals surface area (Å²) in [6, 6.07) is 6.87. The maximum absolute atomic E-state index is 13.4. The molecule has 0 fully saturated rings. The average Bonchev–Trinajstić information content (AvgIpc) is 3.25. The molecule has 0 heterocycles. The monoisotopic (exact) mass is 515 g/mol. The van der Waals surface area contributed by atoms with E-state index in [4.69, 9.17) is 9.47 Å². The van der Waals surface area contributed by atoms with Crippen molar-refractivity contribution >= 4 is 11.9 Å². The second kappa shape index (κ2) is 10.6. The molecule has 3 unspecified atom stereocenters. The summed E-state index contributed by atoms with van der Waals surface area (Å²) in [4.78, 5) is 25.4. The number of hydrogen-bond acceptors (Lipinski definition) is 4. The molecule has 1 N–H and O–H groups in total. The topological polar surface area (TPSA) is 64.6 Å². The van der Waals surface area contributed by atoms with E-state index in [9.17, 15) is 35.9 Å². The first kappa shape index (κ1) is 27.1. The smallest absolute Gasteiger partial charge is 0.417 e. The van der Waals surface area contributed by atoms with E-state index >= 15 is 0 Å². The Bertz CT molecular complexity index is 1140. The van der Waals surface area contributed by atoms with E-state index in [1.165, 1.54) is 13.2 Å². The van der Waals surface area contributed by atoms with Crippen molar-refractivity contribution in [3.05, 3.63) is 76.9 Å². The first-order valence-electron chi connectivity index (χ1n) is 10.9. The van der Waals surface area contributed by atoms with Crippen molar-refractivity contribution in [2.75, 3.05) is 13.7 Å². The number of nitrogens with one attached hydrogen (secondary N) is 1. The summed E-state index contributed by atoms with van der Waals surface area (Å²) in [7, 11) is 1.47. The number of benzene rings is 2. The van der Waals surface area contributed by atoms with E-state index in [1.807, 2.05) is 0 Å². The summed E-state index contributed by atoms with van der Waals surface area (Å²) in [5, 5.41) is 2.41. The Labute approximate surface area is 203 Å². The van der Waals surface area contributed by atoms with Gasteiger partial charge in [0.05, 0.1) is 36.3 Å². The number of esters is 1. The van der Waals surface area contributed by atoms with Crippen LogP contribution in [-0.2, 0) is 21.9 Å². The molecule has 3 atom stereocenters. The number of allylic oxidation sites excluding steroid dienone is 1. The van der Waals surface area contributed by atoms with Gasteiger partial charge in [-0.1, -0.05) is 24.3 Å². The average molecular weight is 515 g/mol. The third-order valence-electron chi connectivity index (χ3n) is 5.75. The zero-order valence-electron chi connectivity index (χ0n) is 19.2. The van der Waals surface area contributed by atoms with Gasteiger partial charge in [0.2, 0.25) is 0 Å². The van der Waals surface area contributed by atoms with Crippen molar-refractivity contribution in [3.8, 4) is 5.75 Å². The van der Waals surface area contributed by atoms with E-state index in [-0.39, 0.29) is 19.1 Å². The zero-order chi connectivity index (χ0) is 26.7. The fraction of sp³-hybridized carbons (Fsp3) is 0.360. The highest BCUT2D eigenvalue weighted by atomic mass is 19.4.